The molecule has 0 saturated carbocycles. The number of rotatable bonds is 5. The fourth-order valence-corrected chi connectivity index (χ4v) is 3.01. The number of benzene rings is 1. The van der Waals surface area contributed by atoms with Gasteiger partial charge in [-0.15, -0.1) is 0 Å². The van der Waals surface area contributed by atoms with Gasteiger partial charge in [0.25, 0.3) is 5.91 Å². The molecule has 130 valence electrons. The standard InChI is InChI=1S/C17H21BrN2O4/c1-24-17(23)14-4-2-3-11-20(14)15(21)9-10-19-16(22)12-5-7-13(18)8-6-12/h5-8,14H,2-4,9-11H2,1H3,(H,19,22). The third kappa shape index (κ3) is 4.80. The molecule has 0 radical (unpaired) electrons. The summed E-state index contributed by atoms with van der Waals surface area (Å²) in [5.74, 6) is -0.735. The van der Waals surface area contributed by atoms with Crippen LogP contribution in [0.1, 0.15) is 36.0 Å². The minimum Gasteiger partial charge on any atom is -0.467 e. The average molecular weight is 397 g/mol. The van der Waals surface area contributed by atoms with Crippen LogP contribution in [0.4, 0.5) is 0 Å². The number of halogens is 1. The van der Waals surface area contributed by atoms with Gasteiger partial charge in [-0.25, -0.2) is 4.79 Å². The van der Waals surface area contributed by atoms with E-state index in [1.807, 2.05) is 0 Å². The molecule has 1 fully saturated rings. The Labute approximate surface area is 149 Å². The summed E-state index contributed by atoms with van der Waals surface area (Å²) < 4.78 is 5.67. The Balaban J connectivity index is 1.84. The molecule has 1 aromatic rings. The zero-order valence-electron chi connectivity index (χ0n) is 13.6. The quantitative estimate of drug-likeness (QED) is 0.773. The summed E-state index contributed by atoms with van der Waals surface area (Å²) in [5, 5.41) is 2.73. The highest BCUT2D eigenvalue weighted by molar-refractivity contribution is 9.10. The Morgan fingerprint density at radius 1 is 1.25 bits per heavy atom. The molecule has 1 aliphatic heterocycles. The highest BCUT2D eigenvalue weighted by atomic mass is 79.9. The van der Waals surface area contributed by atoms with Crippen LogP contribution in [0, 0.1) is 0 Å². The first-order valence-corrected chi connectivity index (χ1v) is 8.73. The molecule has 1 atom stereocenters. The molecule has 24 heavy (non-hydrogen) atoms. The lowest BCUT2D eigenvalue weighted by Crippen LogP contribution is -2.49. The van der Waals surface area contributed by atoms with Crippen molar-refractivity contribution in [1.82, 2.24) is 10.2 Å². The molecular weight excluding hydrogens is 376 g/mol. The molecule has 1 N–H and O–H groups in total. The first-order chi connectivity index (χ1) is 11.5. The van der Waals surface area contributed by atoms with E-state index >= 15 is 0 Å². The summed E-state index contributed by atoms with van der Waals surface area (Å²) in [7, 11) is 1.33. The second kappa shape index (κ2) is 8.82. The number of carbonyl (C=O) groups excluding carboxylic acids is 3. The van der Waals surface area contributed by atoms with Gasteiger partial charge >= 0.3 is 5.97 Å². The van der Waals surface area contributed by atoms with Crippen LogP contribution in [0.25, 0.3) is 0 Å². The second-order valence-corrected chi connectivity index (χ2v) is 6.55. The van der Waals surface area contributed by atoms with Gasteiger partial charge < -0.3 is 15.0 Å². The monoisotopic (exact) mass is 396 g/mol. The smallest absolute Gasteiger partial charge is 0.328 e. The largest absolute Gasteiger partial charge is 0.467 e. The molecule has 1 saturated heterocycles. The molecule has 0 spiro atoms. The summed E-state index contributed by atoms with van der Waals surface area (Å²) in [5.41, 5.74) is 0.538. The van der Waals surface area contributed by atoms with E-state index in [9.17, 15) is 14.4 Å². The van der Waals surface area contributed by atoms with Gasteiger partial charge in [-0.3, -0.25) is 9.59 Å². The number of ether oxygens (including phenoxy) is 1. The van der Waals surface area contributed by atoms with Gasteiger partial charge in [0.05, 0.1) is 7.11 Å². The molecule has 2 rings (SSSR count). The number of amides is 2. The first kappa shape index (κ1) is 18.4. The van der Waals surface area contributed by atoms with Crippen LogP contribution < -0.4 is 5.32 Å². The van der Waals surface area contributed by atoms with Crippen molar-refractivity contribution in [3.63, 3.8) is 0 Å². The molecule has 7 heteroatoms. The van der Waals surface area contributed by atoms with Crippen molar-refractivity contribution < 1.29 is 19.1 Å². The number of piperidine rings is 1. The van der Waals surface area contributed by atoms with E-state index < -0.39 is 6.04 Å². The minimum absolute atomic E-state index is 0.138. The van der Waals surface area contributed by atoms with Crippen LogP contribution in [0.5, 0.6) is 0 Å². The zero-order chi connectivity index (χ0) is 17.5. The van der Waals surface area contributed by atoms with Gasteiger partial charge in [0.1, 0.15) is 6.04 Å². The molecular formula is C17H21BrN2O4. The maximum Gasteiger partial charge on any atom is 0.328 e. The highest BCUT2D eigenvalue weighted by Crippen LogP contribution is 2.19. The Kier molecular flexibility index (Phi) is 6.78. The lowest BCUT2D eigenvalue weighted by Gasteiger charge is -2.33. The van der Waals surface area contributed by atoms with Gasteiger partial charge in [0, 0.05) is 29.5 Å². The van der Waals surface area contributed by atoms with Crippen LogP contribution >= 0.6 is 15.9 Å². The zero-order valence-corrected chi connectivity index (χ0v) is 15.2. The lowest BCUT2D eigenvalue weighted by atomic mass is 10.0. The Morgan fingerprint density at radius 2 is 1.96 bits per heavy atom. The number of hydrogen-bond acceptors (Lipinski definition) is 4. The van der Waals surface area contributed by atoms with Crippen molar-refractivity contribution >= 4 is 33.7 Å². The van der Waals surface area contributed by atoms with Crippen LogP contribution in [0.15, 0.2) is 28.7 Å². The Morgan fingerprint density at radius 3 is 2.62 bits per heavy atom. The number of nitrogens with zero attached hydrogens (tertiary/aromatic N) is 1. The maximum absolute atomic E-state index is 12.4. The maximum atomic E-state index is 12.4. The molecule has 0 aromatic heterocycles. The van der Waals surface area contributed by atoms with Crippen LogP contribution in [-0.4, -0.2) is 48.9 Å². The molecule has 0 aliphatic carbocycles. The summed E-state index contributed by atoms with van der Waals surface area (Å²) in [6.45, 7) is 0.789. The van der Waals surface area contributed by atoms with Crippen molar-refractivity contribution in [2.24, 2.45) is 0 Å². The summed E-state index contributed by atoms with van der Waals surface area (Å²) in [4.78, 5) is 37.7. The molecule has 0 bridgehead atoms. The van der Waals surface area contributed by atoms with E-state index in [0.717, 1.165) is 17.3 Å². The van der Waals surface area contributed by atoms with Gasteiger partial charge in [0.15, 0.2) is 0 Å². The van der Waals surface area contributed by atoms with Gasteiger partial charge in [0.2, 0.25) is 5.91 Å². The van der Waals surface area contributed by atoms with Crippen molar-refractivity contribution in [1.29, 1.82) is 0 Å². The predicted octanol–water partition coefficient (Wildman–Crippen LogP) is 2.12. The normalized spacial score (nSPS) is 17.2. The van der Waals surface area contributed by atoms with Crippen LogP contribution in [-0.2, 0) is 14.3 Å². The molecule has 1 aliphatic rings. The minimum atomic E-state index is -0.501. The number of likely N-dealkylation sites (tertiary alicyclic amines) is 1. The van der Waals surface area contributed by atoms with Crippen molar-refractivity contribution in [2.75, 3.05) is 20.2 Å². The van der Waals surface area contributed by atoms with E-state index in [1.165, 1.54) is 7.11 Å². The van der Waals surface area contributed by atoms with Gasteiger partial charge in [-0.2, -0.15) is 0 Å². The molecule has 1 aromatic carbocycles. The Hall–Kier alpha value is -1.89. The fraction of sp³-hybridized carbons (Fsp3) is 0.471. The van der Waals surface area contributed by atoms with Crippen molar-refractivity contribution in [3.05, 3.63) is 34.3 Å². The highest BCUT2D eigenvalue weighted by Gasteiger charge is 2.32. The second-order valence-electron chi connectivity index (χ2n) is 5.63. The van der Waals surface area contributed by atoms with Crippen LogP contribution in [0.2, 0.25) is 0 Å². The predicted molar refractivity (Wildman–Crippen MR) is 92.5 cm³/mol. The van der Waals surface area contributed by atoms with Crippen molar-refractivity contribution in [2.45, 2.75) is 31.7 Å². The number of carbonyl (C=O) groups is 3. The third-order valence-corrected chi connectivity index (χ3v) is 4.56. The molecule has 1 unspecified atom stereocenters. The molecule has 2 amide bonds. The van der Waals surface area contributed by atoms with Gasteiger partial charge in [-0.05, 0) is 43.5 Å². The lowest BCUT2D eigenvalue weighted by molar-refractivity contribution is -0.154. The fourth-order valence-electron chi connectivity index (χ4n) is 2.74. The van der Waals surface area contributed by atoms with Gasteiger partial charge in [-0.1, -0.05) is 15.9 Å². The van der Waals surface area contributed by atoms with E-state index in [1.54, 1.807) is 29.2 Å². The SMILES string of the molecule is COC(=O)C1CCCCN1C(=O)CCNC(=O)c1ccc(Br)cc1. The first-order valence-electron chi connectivity index (χ1n) is 7.94. The third-order valence-electron chi connectivity index (χ3n) is 4.03. The molecule has 6 nitrogen and oxygen atoms in total. The number of methoxy groups -OCH3 is 1. The van der Waals surface area contributed by atoms with E-state index in [4.69, 9.17) is 4.74 Å². The van der Waals surface area contributed by atoms with E-state index in [2.05, 4.69) is 21.2 Å². The number of hydrogen-bond donors (Lipinski definition) is 1. The van der Waals surface area contributed by atoms with E-state index in [-0.39, 0.29) is 30.7 Å². The summed E-state index contributed by atoms with van der Waals surface area (Å²) in [6, 6.07) is 6.49. The van der Waals surface area contributed by atoms with Crippen molar-refractivity contribution in [3.8, 4) is 0 Å². The number of nitrogens with one attached hydrogen (secondary N) is 1. The summed E-state index contributed by atoms with van der Waals surface area (Å²) >= 11 is 3.31. The molecule has 1 heterocycles. The topological polar surface area (TPSA) is 75.7 Å². The van der Waals surface area contributed by atoms with E-state index in [0.29, 0.717) is 18.5 Å². The number of esters is 1. The average Bonchev–Trinajstić information content (AvgIpc) is 2.61. The van der Waals surface area contributed by atoms with Crippen LogP contribution in [0.3, 0.4) is 0 Å². The summed E-state index contributed by atoms with van der Waals surface area (Å²) in [6.07, 6.45) is 2.58. The Bertz CT molecular complexity index is 603.